The second-order valence-corrected chi connectivity index (χ2v) is 5.71. The van der Waals surface area contributed by atoms with Gasteiger partial charge in [-0.15, -0.1) is 0 Å². The van der Waals surface area contributed by atoms with Crippen LogP contribution in [0.4, 0.5) is 5.69 Å². The number of rotatable bonds is 5. The molecule has 6 heteroatoms. The van der Waals surface area contributed by atoms with Crippen molar-refractivity contribution < 1.29 is 13.2 Å². The Labute approximate surface area is 102 Å². The molecule has 17 heavy (non-hydrogen) atoms. The molecule has 0 saturated carbocycles. The highest BCUT2D eigenvalue weighted by molar-refractivity contribution is 7.92. The van der Waals surface area contributed by atoms with Crippen molar-refractivity contribution >= 4 is 15.7 Å². The van der Waals surface area contributed by atoms with Crippen molar-refractivity contribution in [2.45, 2.75) is 13.8 Å². The van der Waals surface area contributed by atoms with Crippen molar-refractivity contribution in [2.75, 3.05) is 24.1 Å². The van der Waals surface area contributed by atoms with Gasteiger partial charge in [0, 0.05) is 6.54 Å². The Morgan fingerprint density at radius 1 is 1.35 bits per heavy atom. The van der Waals surface area contributed by atoms with Gasteiger partial charge in [0.15, 0.2) is 0 Å². The molecule has 0 aliphatic rings. The van der Waals surface area contributed by atoms with E-state index in [2.05, 4.69) is 4.72 Å². The molecule has 1 rings (SSSR count). The fraction of sp³-hybridized carbons (Fsp3) is 0.455. The maximum absolute atomic E-state index is 11.7. The minimum absolute atomic E-state index is 0.0859. The van der Waals surface area contributed by atoms with Gasteiger partial charge in [0.2, 0.25) is 10.0 Å². The van der Waals surface area contributed by atoms with E-state index >= 15 is 0 Å². The monoisotopic (exact) mass is 258 g/mol. The van der Waals surface area contributed by atoms with Crippen LogP contribution >= 0.6 is 0 Å². The van der Waals surface area contributed by atoms with Crippen molar-refractivity contribution in [1.82, 2.24) is 0 Å². The van der Waals surface area contributed by atoms with Crippen molar-refractivity contribution in [3.8, 4) is 5.75 Å². The standard InChI is InChI=1S/C11H18N2O3S/c1-8-6-9(2)11(10(7-8)16-3)13-17(14,15)5-4-12/h6-7,13H,4-5,12H2,1-3H3. The van der Waals surface area contributed by atoms with Crippen molar-refractivity contribution in [2.24, 2.45) is 5.73 Å². The number of methoxy groups -OCH3 is 1. The molecule has 0 unspecified atom stereocenters. The van der Waals surface area contributed by atoms with Crippen LogP contribution < -0.4 is 15.2 Å². The summed E-state index contributed by atoms with van der Waals surface area (Å²) in [5.74, 6) is 0.409. The molecular weight excluding hydrogens is 240 g/mol. The van der Waals surface area contributed by atoms with Gasteiger partial charge in [-0.05, 0) is 31.0 Å². The van der Waals surface area contributed by atoms with Crippen LogP contribution in [0.2, 0.25) is 0 Å². The van der Waals surface area contributed by atoms with E-state index < -0.39 is 10.0 Å². The third-order valence-corrected chi connectivity index (χ3v) is 3.60. The van der Waals surface area contributed by atoms with Crippen LogP contribution in [0.15, 0.2) is 12.1 Å². The molecule has 0 saturated heterocycles. The number of nitrogens with two attached hydrogens (primary N) is 1. The summed E-state index contributed by atoms with van der Waals surface area (Å²) in [6, 6.07) is 3.68. The smallest absolute Gasteiger partial charge is 0.234 e. The van der Waals surface area contributed by atoms with Crippen molar-refractivity contribution in [3.05, 3.63) is 23.3 Å². The lowest BCUT2D eigenvalue weighted by Gasteiger charge is -2.14. The SMILES string of the molecule is COc1cc(C)cc(C)c1NS(=O)(=O)CCN. The Bertz CT molecular complexity index is 498. The molecule has 0 amide bonds. The van der Waals surface area contributed by atoms with Crippen LogP contribution in [-0.4, -0.2) is 27.8 Å². The van der Waals surface area contributed by atoms with Crippen LogP contribution in [0.5, 0.6) is 5.75 Å². The predicted octanol–water partition coefficient (Wildman–Crippen LogP) is 1.01. The highest BCUT2D eigenvalue weighted by Gasteiger charge is 2.15. The maximum Gasteiger partial charge on any atom is 0.234 e. The normalized spacial score (nSPS) is 11.3. The molecule has 0 spiro atoms. The summed E-state index contributed by atoms with van der Waals surface area (Å²) in [6.07, 6.45) is 0. The Morgan fingerprint density at radius 3 is 2.53 bits per heavy atom. The van der Waals surface area contributed by atoms with Gasteiger partial charge >= 0.3 is 0 Å². The first-order chi connectivity index (χ1) is 7.89. The summed E-state index contributed by atoms with van der Waals surface area (Å²) < 4.78 is 31.0. The number of hydrogen-bond donors (Lipinski definition) is 2. The van der Waals surface area contributed by atoms with E-state index in [4.69, 9.17) is 10.5 Å². The summed E-state index contributed by atoms with van der Waals surface area (Å²) >= 11 is 0. The van der Waals surface area contributed by atoms with E-state index in [1.165, 1.54) is 7.11 Å². The first kappa shape index (κ1) is 13.8. The molecule has 3 N–H and O–H groups in total. The molecule has 0 heterocycles. The van der Waals surface area contributed by atoms with Gasteiger partial charge in [0.25, 0.3) is 0 Å². The van der Waals surface area contributed by atoms with E-state index in [1.54, 1.807) is 6.07 Å². The highest BCUT2D eigenvalue weighted by atomic mass is 32.2. The van der Waals surface area contributed by atoms with E-state index in [-0.39, 0.29) is 12.3 Å². The molecule has 0 atom stereocenters. The number of hydrogen-bond acceptors (Lipinski definition) is 4. The second kappa shape index (κ2) is 5.37. The molecule has 0 radical (unpaired) electrons. The van der Waals surface area contributed by atoms with Gasteiger partial charge in [0.1, 0.15) is 5.75 Å². The first-order valence-corrected chi connectivity index (χ1v) is 6.90. The van der Waals surface area contributed by atoms with E-state index in [9.17, 15) is 8.42 Å². The average molecular weight is 258 g/mol. The van der Waals surface area contributed by atoms with Crippen LogP contribution in [0.1, 0.15) is 11.1 Å². The first-order valence-electron chi connectivity index (χ1n) is 5.25. The molecule has 5 nitrogen and oxygen atoms in total. The van der Waals surface area contributed by atoms with Crippen LogP contribution in [0.25, 0.3) is 0 Å². The lowest BCUT2D eigenvalue weighted by molar-refractivity contribution is 0.416. The van der Waals surface area contributed by atoms with Gasteiger partial charge in [-0.25, -0.2) is 8.42 Å². The molecular formula is C11H18N2O3S. The summed E-state index contributed by atoms with van der Waals surface area (Å²) in [6.45, 7) is 3.84. The third kappa shape index (κ3) is 3.61. The molecule has 1 aromatic carbocycles. The van der Waals surface area contributed by atoms with E-state index in [1.807, 2.05) is 19.9 Å². The summed E-state index contributed by atoms with van der Waals surface area (Å²) in [5, 5.41) is 0. The van der Waals surface area contributed by atoms with Gasteiger partial charge < -0.3 is 10.5 Å². The molecule has 96 valence electrons. The zero-order valence-electron chi connectivity index (χ0n) is 10.3. The summed E-state index contributed by atoms with van der Waals surface area (Å²) in [5.41, 5.74) is 7.57. The molecule has 0 aromatic heterocycles. The number of sulfonamides is 1. The Morgan fingerprint density at radius 2 is 2.00 bits per heavy atom. The van der Waals surface area contributed by atoms with E-state index in [0.717, 1.165) is 11.1 Å². The maximum atomic E-state index is 11.7. The average Bonchev–Trinajstić information content (AvgIpc) is 2.21. The fourth-order valence-electron chi connectivity index (χ4n) is 1.58. The molecule has 0 bridgehead atoms. The minimum Gasteiger partial charge on any atom is -0.495 e. The topological polar surface area (TPSA) is 81.4 Å². The van der Waals surface area contributed by atoms with Gasteiger partial charge in [0.05, 0.1) is 18.6 Å². The number of anilines is 1. The Hall–Kier alpha value is -1.27. The van der Waals surface area contributed by atoms with Gasteiger partial charge in [-0.2, -0.15) is 0 Å². The number of nitrogens with one attached hydrogen (secondary N) is 1. The molecule has 0 aliphatic carbocycles. The quantitative estimate of drug-likeness (QED) is 0.826. The van der Waals surface area contributed by atoms with Gasteiger partial charge in [-0.3, -0.25) is 4.72 Å². The largest absolute Gasteiger partial charge is 0.495 e. The van der Waals surface area contributed by atoms with Crippen molar-refractivity contribution in [1.29, 1.82) is 0 Å². The minimum atomic E-state index is -3.41. The fourth-order valence-corrected chi connectivity index (χ4v) is 2.57. The summed E-state index contributed by atoms with van der Waals surface area (Å²) in [4.78, 5) is 0. The number of aryl methyl sites for hydroxylation is 2. The van der Waals surface area contributed by atoms with Gasteiger partial charge in [-0.1, -0.05) is 6.07 Å². The summed E-state index contributed by atoms with van der Waals surface area (Å²) in [7, 11) is -1.90. The Kier molecular flexibility index (Phi) is 4.36. The van der Waals surface area contributed by atoms with Crippen LogP contribution in [0, 0.1) is 13.8 Å². The third-order valence-electron chi connectivity index (χ3n) is 2.31. The molecule has 1 aromatic rings. The lowest BCUT2D eigenvalue weighted by Crippen LogP contribution is -2.23. The zero-order valence-corrected chi connectivity index (χ0v) is 11.1. The second-order valence-electron chi connectivity index (χ2n) is 3.87. The van der Waals surface area contributed by atoms with Crippen LogP contribution in [0.3, 0.4) is 0 Å². The van der Waals surface area contributed by atoms with Crippen molar-refractivity contribution in [3.63, 3.8) is 0 Å². The molecule has 0 aliphatic heterocycles. The van der Waals surface area contributed by atoms with Crippen LogP contribution in [-0.2, 0) is 10.0 Å². The van der Waals surface area contributed by atoms with E-state index in [0.29, 0.717) is 11.4 Å². The number of benzene rings is 1. The number of ether oxygens (including phenoxy) is 1. The lowest BCUT2D eigenvalue weighted by atomic mass is 10.1. The highest BCUT2D eigenvalue weighted by Crippen LogP contribution is 2.30. The predicted molar refractivity (Wildman–Crippen MR) is 68.9 cm³/mol. The zero-order chi connectivity index (χ0) is 13.1. The Balaban J connectivity index is 3.14. The molecule has 0 fully saturated rings.